The number of nitrogens with one attached hydrogen (secondary N) is 2. The van der Waals surface area contributed by atoms with Crippen LogP contribution < -0.4 is 15.4 Å². The summed E-state index contributed by atoms with van der Waals surface area (Å²) in [5.41, 5.74) is 1.36. The van der Waals surface area contributed by atoms with Crippen molar-refractivity contribution in [3.05, 3.63) is 88.3 Å². The Bertz CT molecular complexity index is 1540. The van der Waals surface area contributed by atoms with E-state index in [9.17, 15) is 15.0 Å². The van der Waals surface area contributed by atoms with Crippen LogP contribution >= 0.6 is 12.2 Å². The Kier molecular flexibility index (Phi) is 9.31. The smallest absolute Gasteiger partial charge is 0.340 e. The van der Waals surface area contributed by atoms with E-state index in [0.29, 0.717) is 44.6 Å². The molecule has 0 aromatic heterocycles. The van der Waals surface area contributed by atoms with Gasteiger partial charge >= 0.3 is 5.97 Å². The number of unbranched alkanes of at least 4 members (excludes halogenated alkanes) is 7. The fourth-order valence-electron chi connectivity index (χ4n) is 5.96. The zero-order valence-electron chi connectivity index (χ0n) is 25.2. The van der Waals surface area contributed by atoms with Crippen LogP contribution in [0.25, 0.3) is 4.85 Å². The Morgan fingerprint density at radius 3 is 2.05 bits per heavy atom. The number of rotatable bonds is 12. The number of phenolic OH excluding ortho intramolecular Hbond substituents is 2. The Morgan fingerprint density at radius 1 is 0.864 bits per heavy atom. The highest BCUT2D eigenvalue weighted by Crippen LogP contribution is 2.57. The summed E-state index contributed by atoms with van der Waals surface area (Å²) in [6.45, 7) is 12.0. The summed E-state index contributed by atoms with van der Waals surface area (Å²) in [6.07, 6.45) is 10.4. The maximum atomic E-state index is 13.3. The summed E-state index contributed by atoms with van der Waals surface area (Å²) in [4.78, 5) is 17.0. The van der Waals surface area contributed by atoms with E-state index in [2.05, 4.69) is 15.5 Å². The number of fused-ring (bicyclic) bond motifs is 6. The molecule has 0 saturated carbocycles. The van der Waals surface area contributed by atoms with E-state index in [1.165, 1.54) is 56.4 Å². The number of hydrogen-bond acceptors (Lipinski definition) is 6. The zero-order chi connectivity index (χ0) is 31.3. The van der Waals surface area contributed by atoms with Gasteiger partial charge in [-0.1, -0.05) is 44.6 Å². The van der Waals surface area contributed by atoms with Gasteiger partial charge in [-0.15, -0.1) is 0 Å². The summed E-state index contributed by atoms with van der Waals surface area (Å²) in [5.74, 6) is 0.213. The van der Waals surface area contributed by atoms with Crippen LogP contribution in [0.15, 0.2) is 54.6 Å². The minimum absolute atomic E-state index is 0.0111. The summed E-state index contributed by atoms with van der Waals surface area (Å²) >= 11 is 5.51. The number of benzene rings is 3. The van der Waals surface area contributed by atoms with Gasteiger partial charge in [0.25, 0.3) is 0 Å². The monoisotopic (exact) mass is 613 g/mol. The van der Waals surface area contributed by atoms with Crippen LogP contribution in [0.3, 0.4) is 0 Å². The zero-order valence-corrected chi connectivity index (χ0v) is 26.1. The van der Waals surface area contributed by atoms with E-state index < -0.39 is 11.6 Å². The largest absolute Gasteiger partial charge is 0.508 e. The Balaban J connectivity index is 1.14. The van der Waals surface area contributed by atoms with Gasteiger partial charge in [-0.2, -0.15) is 0 Å². The molecule has 5 rings (SSSR count). The number of anilines is 1. The van der Waals surface area contributed by atoms with Gasteiger partial charge in [0, 0.05) is 61.3 Å². The van der Waals surface area contributed by atoms with E-state index in [-0.39, 0.29) is 17.0 Å². The predicted octanol–water partition coefficient (Wildman–Crippen LogP) is 8.16. The van der Waals surface area contributed by atoms with E-state index in [1.807, 2.05) is 26.0 Å². The molecular weight excluding hydrogens is 574 g/mol. The summed E-state index contributed by atoms with van der Waals surface area (Å²) < 4.78 is 12.1. The lowest BCUT2D eigenvalue weighted by Crippen LogP contribution is -2.33. The van der Waals surface area contributed by atoms with Crippen LogP contribution in [0.5, 0.6) is 23.0 Å². The predicted molar refractivity (Wildman–Crippen MR) is 174 cm³/mol. The molecule has 0 atom stereocenters. The molecule has 3 aromatic carbocycles. The van der Waals surface area contributed by atoms with Crippen molar-refractivity contribution in [2.24, 2.45) is 0 Å². The Hall–Kier alpha value is -4.29. The number of hydrogen-bond donors (Lipinski definition) is 4. The highest BCUT2D eigenvalue weighted by atomic mass is 32.1. The van der Waals surface area contributed by atoms with Gasteiger partial charge in [-0.3, -0.25) is 0 Å². The number of aromatic hydroxyl groups is 2. The molecule has 9 heteroatoms. The molecule has 0 unspecified atom stereocenters. The second-order valence-corrected chi connectivity index (χ2v) is 12.6. The highest BCUT2D eigenvalue weighted by molar-refractivity contribution is 7.80. The Morgan fingerprint density at radius 2 is 1.43 bits per heavy atom. The lowest BCUT2D eigenvalue weighted by molar-refractivity contribution is 0.0224. The molecule has 8 nitrogen and oxygen atoms in total. The van der Waals surface area contributed by atoms with Gasteiger partial charge in [0.1, 0.15) is 23.0 Å². The van der Waals surface area contributed by atoms with Crippen molar-refractivity contribution in [2.75, 3.05) is 11.9 Å². The quantitative estimate of drug-likeness (QED) is 0.0702. The summed E-state index contributed by atoms with van der Waals surface area (Å²) in [7, 11) is 0. The molecule has 230 valence electrons. The van der Waals surface area contributed by atoms with Crippen molar-refractivity contribution in [1.82, 2.24) is 5.32 Å². The lowest BCUT2D eigenvalue weighted by Gasteiger charge is -2.36. The van der Waals surface area contributed by atoms with Crippen LogP contribution in [0.1, 0.15) is 98.7 Å². The van der Waals surface area contributed by atoms with Crippen molar-refractivity contribution in [3.63, 3.8) is 0 Å². The number of carbonyl (C=O) groups excluding carboxylic acids is 1. The van der Waals surface area contributed by atoms with Gasteiger partial charge in [-0.05, 0) is 61.5 Å². The third-order valence-corrected chi connectivity index (χ3v) is 8.58. The van der Waals surface area contributed by atoms with Gasteiger partial charge in [0.15, 0.2) is 10.7 Å². The van der Waals surface area contributed by atoms with E-state index in [1.54, 1.807) is 18.2 Å². The molecule has 0 amide bonds. The molecule has 3 aromatic rings. The molecule has 1 spiro atoms. The Labute approximate surface area is 264 Å². The first-order valence-electron chi connectivity index (χ1n) is 15.3. The lowest BCUT2D eigenvalue weighted by atomic mass is 9.77. The molecule has 2 aliphatic heterocycles. The first-order valence-corrected chi connectivity index (χ1v) is 15.7. The van der Waals surface area contributed by atoms with Crippen molar-refractivity contribution >= 4 is 29.0 Å². The number of phenols is 2. The maximum Gasteiger partial charge on any atom is 0.340 e. The second-order valence-electron chi connectivity index (χ2n) is 12.2. The first kappa shape index (κ1) is 31.1. The molecule has 0 saturated heterocycles. The number of esters is 1. The van der Waals surface area contributed by atoms with Crippen LogP contribution in [-0.4, -0.2) is 33.4 Å². The minimum atomic E-state index is -1.29. The maximum absolute atomic E-state index is 13.3. The summed E-state index contributed by atoms with van der Waals surface area (Å²) in [5, 5.41) is 27.1. The van der Waals surface area contributed by atoms with Crippen LogP contribution in [0, 0.1) is 6.57 Å². The highest BCUT2D eigenvalue weighted by Gasteiger charge is 2.53. The normalized spacial score (nSPS) is 14.1. The van der Waals surface area contributed by atoms with Gasteiger partial charge in [-0.25, -0.2) is 11.4 Å². The minimum Gasteiger partial charge on any atom is -0.508 e. The van der Waals surface area contributed by atoms with Crippen molar-refractivity contribution in [1.29, 1.82) is 0 Å². The fourth-order valence-corrected chi connectivity index (χ4v) is 6.18. The number of nitrogens with zero attached hydrogens (tertiary/aromatic N) is 1. The fraction of sp³-hybridized carbons (Fsp3) is 0.400. The molecule has 0 bridgehead atoms. The van der Waals surface area contributed by atoms with E-state index >= 15 is 0 Å². The molecule has 0 fully saturated rings. The number of ether oxygens (including phenoxy) is 2. The van der Waals surface area contributed by atoms with E-state index in [4.69, 9.17) is 28.3 Å². The topological polar surface area (TPSA) is 104 Å². The molecule has 44 heavy (non-hydrogen) atoms. The molecule has 0 aliphatic carbocycles. The first-order chi connectivity index (χ1) is 21.1. The van der Waals surface area contributed by atoms with Gasteiger partial charge < -0.3 is 35.2 Å². The molecule has 2 heterocycles. The molecular formula is C35H39N3O5S. The number of thiocarbonyl (C=S) groups is 1. The second kappa shape index (κ2) is 13.1. The third kappa shape index (κ3) is 6.61. The van der Waals surface area contributed by atoms with Crippen molar-refractivity contribution in [3.8, 4) is 23.0 Å². The van der Waals surface area contributed by atoms with Crippen LogP contribution in [-0.2, 0) is 10.3 Å². The van der Waals surface area contributed by atoms with E-state index in [0.717, 1.165) is 32.2 Å². The standard InChI is InChI=1S/C35H39N3O5S/c1-34(2,36-3)18-10-8-6-4-5-7-9-11-19-37-33(44)38-23-12-15-27-26(20-23)32(41)43-35(27)28-16-13-24(39)21-30(28)42-31-22-25(40)14-17-29(31)35/h12-17,20-22,39-40H,4-11,18-19H2,1-2H3,(H2,37,38,44). The van der Waals surface area contributed by atoms with Crippen LogP contribution in [0.2, 0.25) is 0 Å². The average Bonchev–Trinajstić information content (AvgIpc) is 3.27. The molecule has 0 radical (unpaired) electrons. The van der Waals surface area contributed by atoms with Gasteiger partial charge in [0.2, 0.25) is 5.54 Å². The number of carbonyl (C=O) groups is 1. The van der Waals surface area contributed by atoms with Gasteiger partial charge in [0.05, 0.1) is 5.56 Å². The summed E-state index contributed by atoms with van der Waals surface area (Å²) in [6, 6.07) is 14.8. The van der Waals surface area contributed by atoms with Crippen molar-refractivity contribution in [2.45, 2.75) is 82.8 Å². The SMILES string of the molecule is [C-]#[N+]C(C)(C)CCCCCCCCCCNC(=S)Nc1ccc2c(c1)C(=O)OC21c2ccc(O)cc2Oc2cc(O)ccc21. The third-order valence-electron chi connectivity index (χ3n) is 8.33. The molecule has 2 aliphatic rings. The average molecular weight is 614 g/mol. The van der Waals surface area contributed by atoms with Crippen LogP contribution in [0.4, 0.5) is 5.69 Å². The molecule has 4 N–H and O–H groups in total. The van der Waals surface area contributed by atoms with Crippen molar-refractivity contribution < 1.29 is 24.5 Å².